The number of benzene rings is 1. The number of piperazine rings is 1. The highest BCUT2D eigenvalue weighted by Crippen LogP contribution is 2.35. The molecule has 1 aromatic carbocycles. The highest BCUT2D eigenvalue weighted by atomic mass is 35.5. The number of halogens is 2. The van der Waals surface area contributed by atoms with E-state index in [9.17, 15) is 0 Å². The van der Waals surface area contributed by atoms with E-state index in [1.807, 2.05) is 18.2 Å². The SMILES string of the molecule is C[C@@H]1CN(c2c(Cl)cccc2Cl)C[C@H](C)N1C. The summed E-state index contributed by atoms with van der Waals surface area (Å²) in [7, 11) is 2.17. The number of nitrogens with zero attached hydrogens (tertiary/aromatic N) is 2. The number of hydrogen-bond acceptors (Lipinski definition) is 2. The molecule has 1 aliphatic rings. The van der Waals surface area contributed by atoms with Gasteiger partial charge in [-0.15, -0.1) is 0 Å². The van der Waals surface area contributed by atoms with Gasteiger partial charge in [0.05, 0.1) is 15.7 Å². The van der Waals surface area contributed by atoms with E-state index in [1.165, 1.54) is 0 Å². The summed E-state index contributed by atoms with van der Waals surface area (Å²) >= 11 is 12.5. The minimum absolute atomic E-state index is 0.506. The zero-order valence-electron chi connectivity index (χ0n) is 10.5. The maximum absolute atomic E-state index is 6.25. The third-order valence-corrected chi connectivity index (χ3v) is 4.22. The summed E-state index contributed by atoms with van der Waals surface area (Å²) < 4.78 is 0. The van der Waals surface area contributed by atoms with Crippen molar-refractivity contribution in [2.24, 2.45) is 0 Å². The van der Waals surface area contributed by atoms with E-state index >= 15 is 0 Å². The first-order valence-electron chi connectivity index (χ1n) is 5.91. The molecule has 4 heteroatoms. The maximum atomic E-state index is 6.25. The molecular formula is C13H18Cl2N2. The number of likely N-dealkylation sites (N-methyl/N-ethyl adjacent to an activating group) is 1. The zero-order valence-corrected chi connectivity index (χ0v) is 12.0. The molecule has 17 heavy (non-hydrogen) atoms. The zero-order chi connectivity index (χ0) is 12.6. The van der Waals surface area contributed by atoms with Gasteiger partial charge in [0, 0.05) is 25.2 Å². The normalized spacial score (nSPS) is 26.3. The Bertz CT molecular complexity index is 376. The van der Waals surface area contributed by atoms with Crippen LogP contribution in [0.3, 0.4) is 0 Å². The van der Waals surface area contributed by atoms with E-state index in [2.05, 4.69) is 30.7 Å². The first-order valence-corrected chi connectivity index (χ1v) is 6.67. The topological polar surface area (TPSA) is 6.48 Å². The van der Waals surface area contributed by atoms with Crippen molar-refractivity contribution in [1.29, 1.82) is 0 Å². The smallest absolute Gasteiger partial charge is 0.0746 e. The highest BCUT2D eigenvalue weighted by Gasteiger charge is 2.28. The molecule has 1 saturated heterocycles. The van der Waals surface area contributed by atoms with Crippen LogP contribution in [0.2, 0.25) is 10.0 Å². The average molecular weight is 273 g/mol. The number of anilines is 1. The van der Waals surface area contributed by atoms with Crippen molar-refractivity contribution in [1.82, 2.24) is 4.90 Å². The van der Waals surface area contributed by atoms with Crippen molar-refractivity contribution in [2.45, 2.75) is 25.9 Å². The standard InChI is InChI=1S/C13H18Cl2N2/c1-9-7-17(8-10(2)16(9)3)13-11(14)5-4-6-12(13)15/h4-6,9-10H,7-8H2,1-3H3/t9-,10+. The van der Waals surface area contributed by atoms with Gasteiger partial charge in [-0.25, -0.2) is 0 Å². The van der Waals surface area contributed by atoms with Crippen molar-refractivity contribution in [3.63, 3.8) is 0 Å². The van der Waals surface area contributed by atoms with Gasteiger partial charge in [-0.2, -0.15) is 0 Å². The lowest BCUT2D eigenvalue weighted by molar-refractivity contribution is 0.170. The average Bonchev–Trinajstić information content (AvgIpc) is 2.25. The fourth-order valence-electron chi connectivity index (χ4n) is 2.38. The molecule has 94 valence electrons. The van der Waals surface area contributed by atoms with Crippen LogP contribution in [0, 0.1) is 0 Å². The second-order valence-corrected chi connectivity index (χ2v) is 5.65. The summed E-state index contributed by atoms with van der Waals surface area (Å²) in [6.07, 6.45) is 0. The summed E-state index contributed by atoms with van der Waals surface area (Å²) in [5, 5.41) is 1.47. The summed E-state index contributed by atoms with van der Waals surface area (Å²) in [6.45, 7) is 6.38. The van der Waals surface area contributed by atoms with E-state index in [0.717, 1.165) is 28.8 Å². The van der Waals surface area contributed by atoms with E-state index < -0.39 is 0 Å². The first-order chi connectivity index (χ1) is 8.00. The van der Waals surface area contributed by atoms with Gasteiger partial charge in [-0.3, -0.25) is 4.90 Å². The first kappa shape index (κ1) is 13.0. The van der Waals surface area contributed by atoms with Crippen molar-refractivity contribution in [3.05, 3.63) is 28.2 Å². The molecule has 0 radical (unpaired) electrons. The van der Waals surface area contributed by atoms with E-state index in [4.69, 9.17) is 23.2 Å². The number of hydrogen-bond donors (Lipinski definition) is 0. The Labute approximate surface area is 113 Å². The van der Waals surface area contributed by atoms with Crippen LogP contribution in [0.25, 0.3) is 0 Å². The van der Waals surface area contributed by atoms with Gasteiger partial charge in [-0.1, -0.05) is 29.3 Å². The van der Waals surface area contributed by atoms with Crippen molar-refractivity contribution in [2.75, 3.05) is 25.0 Å². The molecular weight excluding hydrogens is 255 g/mol. The predicted octanol–water partition coefficient (Wildman–Crippen LogP) is 3.52. The molecule has 1 aromatic rings. The van der Waals surface area contributed by atoms with Gasteiger partial charge in [0.25, 0.3) is 0 Å². The van der Waals surface area contributed by atoms with Crippen molar-refractivity contribution < 1.29 is 0 Å². The molecule has 1 heterocycles. The predicted molar refractivity (Wildman–Crippen MR) is 75.4 cm³/mol. The second-order valence-electron chi connectivity index (χ2n) is 4.84. The molecule has 2 rings (SSSR count). The van der Waals surface area contributed by atoms with Gasteiger partial charge in [-0.05, 0) is 33.0 Å². The van der Waals surface area contributed by atoms with Crippen LogP contribution < -0.4 is 4.90 Å². The van der Waals surface area contributed by atoms with Crippen LogP contribution in [0.5, 0.6) is 0 Å². The van der Waals surface area contributed by atoms with Gasteiger partial charge in [0.15, 0.2) is 0 Å². The molecule has 0 amide bonds. The van der Waals surface area contributed by atoms with Gasteiger partial charge >= 0.3 is 0 Å². The van der Waals surface area contributed by atoms with E-state index in [1.54, 1.807) is 0 Å². The molecule has 1 fully saturated rings. The Hall–Kier alpha value is -0.440. The van der Waals surface area contributed by atoms with Crippen LogP contribution in [0.1, 0.15) is 13.8 Å². The van der Waals surface area contributed by atoms with E-state index in [0.29, 0.717) is 12.1 Å². The molecule has 0 aromatic heterocycles. The van der Waals surface area contributed by atoms with Crippen LogP contribution in [0.15, 0.2) is 18.2 Å². The lowest BCUT2D eigenvalue weighted by atomic mass is 10.1. The maximum Gasteiger partial charge on any atom is 0.0746 e. The van der Waals surface area contributed by atoms with Crippen LogP contribution in [0.4, 0.5) is 5.69 Å². The molecule has 0 saturated carbocycles. The Morgan fingerprint density at radius 3 is 2.00 bits per heavy atom. The van der Waals surface area contributed by atoms with Crippen molar-refractivity contribution >= 4 is 28.9 Å². The Morgan fingerprint density at radius 2 is 1.53 bits per heavy atom. The summed E-state index contributed by atoms with van der Waals surface area (Å²) in [5.41, 5.74) is 0.975. The Morgan fingerprint density at radius 1 is 1.06 bits per heavy atom. The Balaban J connectivity index is 2.29. The van der Waals surface area contributed by atoms with Crippen molar-refractivity contribution in [3.8, 4) is 0 Å². The van der Waals surface area contributed by atoms with Gasteiger partial charge in [0.1, 0.15) is 0 Å². The fraction of sp³-hybridized carbons (Fsp3) is 0.538. The number of rotatable bonds is 1. The lowest BCUT2D eigenvalue weighted by Gasteiger charge is -2.44. The van der Waals surface area contributed by atoms with Gasteiger partial charge < -0.3 is 4.90 Å². The van der Waals surface area contributed by atoms with Crippen LogP contribution in [-0.2, 0) is 0 Å². The quantitative estimate of drug-likeness (QED) is 0.772. The molecule has 1 aliphatic heterocycles. The lowest BCUT2D eigenvalue weighted by Crippen LogP contribution is -2.55. The summed E-state index contributed by atoms with van der Waals surface area (Å²) in [6, 6.07) is 6.70. The minimum atomic E-state index is 0.506. The largest absolute Gasteiger partial charge is 0.366 e. The highest BCUT2D eigenvalue weighted by molar-refractivity contribution is 6.39. The molecule has 0 bridgehead atoms. The summed E-state index contributed by atoms with van der Waals surface area (Å²) in [4.78, 5) is 4.68. The molecule has 2 nitrogen and oxygen atoms in total. The minimum Gasteiger partial charge on any atom is -0.366 e. The second kappa shape index (κ2) is 5.05. The van der Waals surface area contributed by atoms with E-state index in [-0.39, 0.29) is 0 Å². The summed E-state index contributed by atoms with van der Waals surface area (Å²) in [5.74, 6) is 0. The van der Waals surface area contributed by atoms with Gasteiger partial charge in [0.2, 0.25) is 0 Å². The molecule has 0 aliphatic carbocycles. The third-order valence-electron chi connectivity index (χ3n) is 3.61. The fourth-order valence-corrected chi connectivity index (χ4v) is 3.01. The molecule has 0 spiro atoms. The Kier molecular flexibility index (Phi) is 3.86. The monoisotopic (exact) mass is 272 g/mol. The third kappa shape index (κ3) is 2.54. The molecule has 2 atom stereocenters. The molecule has 0 N–H and O–H groups in total. The van der Waals surface area contributed by atoms with Crippen LogP contribution in [-0.4, -0.2) is 37.1 Å². The van der Waals surface area contributed by atoms with Crippen LogP contribution >= 0.6 is 23.2 Å². The number of para-hydroxylation sites is 1. The molecule has 0 unspecified atom stereocenters.